The van der Waals surface area contributed by atoms with Gasteiger partial charge in [-0.1, -0.05) is 60.7 Å². The minimum atomic E-state index is 0.0973. The van der Waals surface area contributed by atoms with Crippen LogP contribution >= 0.6 is 11.8 Å². The van der Waals surface area contributed by atoms with Crippen LogP contribution in [0.3, 0.4) is 0 Å². The van der Waals surface area contributed by atoms with Crippen LogP contribution in [0.15, 0.2) is 83.9 Å². The number of hydrogen-bond donors (Lipinski definition) is 1. The highest BCUT2D eigenvalue weighted by atomic mass is 32.2. The minimum Gasteiger partial charge on any atom is -0.405 e. The van der Waals surface area contributed by atoms with Gasteiger partial charge in [0.15, 0.2) is 0 Å². The highest BCUT2D eigenvalue weighted by Crippen LogP contribution is 2.48. The van der Waals surface area contributed by atoms with E-state index >= 15 is 0 Å². The van der Waals surface area contributed by atoms with E-state index < -0.39 is 0 Å². The van der Waals surface area contributed by atoms with E-state index in [4.69, 9.17) is 5.73 Å². The van der Waals surface area contributed by atoms with E-state index in [2.05, 4.69) is 42.5 Å². The predicted octanol–water partition coefficient (Wildman–Crippen LogP) is 4.88. The molecule has 0 saturated carbocycles. The van der Waals surface area contributed by atoms with Gasteiger partial charge in [0.25, 0.3) is 0 Å². The second kappa shape index (κ2) is 7.26. The van der Waals surface area contributed by atoms with Gasteiger partial charge in [-0.3, -0.25) is 4.79 Å². The third kappa shape index (κ3) is 3.08. The lowest BCUT2D eigenvalue weighted by molar-refractivity contribution is -0.118. The Kier molecular flexibility index (Phi) is 4.67. The van der Waals surface area contributed by atoms with Crippen molar-refractivity contribution in [2.45, 2.75) is 16.6 Å². The maximum atomic E-state index is 13.0. The summed E-state index contributed by atoms with van der Waals surface area (Å²) in [5.41, 5.74) is 7.68. The van der Waals surface area contributed by atoms with Crippen LogP contribution in [0.1, 0.15) is 17.2 Å². The maximum Gasteiger partial charge on any atom is 0.228 e. The molecule has 1 unspecified atom stereocenters. The molecule has 0 aromatic heterocycles. The standard InChI is InChI=1S/C22H20N2OS/c23-13-6-14-24-19-12-11-16-7-4-5-10-18(16)22(19)26-20(15-21(24)25)17-8-2-1-3-9-17/h1-13,20H,14-15,23H2. The second-order valence-corrected chi connectivity index (χ2v) is 7.50. The number of anilines is 1. The first-order valence-corrected chi connectivity index (χ1v) is 9.56. The van der Waals surface area contributed by atoms with E-state index in [1.165, 1.54) is 22.5 Å². The molecule has 1 amide bonds. The molecule has 0 saturated heterocycles. The molecule has 0 bridgehead atoms. The molecule has 4 rings (SSSR count). The molecule has 3 aromatic rings. The third-order valence-electron chi connectivity index (χ3n) is 4.67. The molecule has 0 aliphatic carbocycles. The fourth-order valence-electron chi connectivity index (χ4n) is 3.37. The van der Waals surface area contributed by atoms with E-state index in [0.717, 1.165) is 10.6 Å². The van der Waals surface area contributed by atoms with Crippen molar-refractivity contribution in [2.24, 2.45) is 5.73 Å². The minimum absolute atomic E-state index is 0.0973. The van der Waals surface area contributed by atoms with Crippen LogP contribution in [-0.2, 0) is 4.79 Å². The Morgan fingerprint density at radius 2 is 1.81 bits per heavy atom. The summed E-state index contributed by atoms with van der Waals surface area (Å²) in [6.07, 6.45) is 3.79. The average molecular weight is 360 g/mol. The topological polar surface area (TPSA) is 46.3 Å². The van der Waals surface area contributed by atoms with Crippen LogP contribution in [0.5, 0.6) is 0 Å². The summed E-state index contributed by atoms with van der Waals surface area (Å²) in [5, 5.41) is 2.47. The van der Waals surface area contributed by atoms with Crippen molar-refractivity contribution in [1.82, 2.24) is 0 Å². The Bertz CT molecular complexity index is 968. The SMILES string of the molecule is NC=CCN1C(=O)CC(c2ccccc2)Sc2c1ccc1ccccc21. The monoisotopic (exact) mass is 360 g/mol. The van der Waals surface area contributed by atoms with Gasteiger partial charge in [-0.05, 0) is 34.7 Å². The van der Waals surface area contributed by atoms with E-state index in [9.17, 15) is 4.79 Å². The van der Waals surface area contributed by atoms with Crippen molar-refractivity contribution in [3.05, 3.63) is 84.6 Å². The zero-order chi connectivity index (χ0) is 17.9. The van der Waals surface area contributed by atoms with Gasteiger partial charge in [0.1, 0.15) is 0 Å². The molecule has 1 aliphatic heterocycles. The van der Waals surface area contributed by atoms with Crippen LogP contribution in [0.25, 0.3) is 10.8 Å². The molecule has 26 heavy (non-hydrogen) atoms. The van der Waals surface area contributed by atoms with Gasteiger partial charge in [-0.25, -0.2) is 0 Å². The molecule has 1 atom stereocenters. The molecule has 130 valence electrons. The molecule has 4 heteroatoms. The first-order valence-electron chi connectivity index (χ1n) is 8.68. The van der Waals surface area contributed by atoms with Crippen molar-refractivity contribution in [3.63, 3.8) is 0 Å². The van der Waals surface area contributed by atoms with Crippen LogP contribution < -0.4 is 10.6 Å². The van der Waals surface area contributed by atoms with Crippen molar-refractivity contribution in [1.29, 1.82) is 0 Å². The van der Waals surface area contributed by atoms with Crippen molar-refractivity contribution < 1.29 is 4.79 Å². The molecule has 0 fully saturated rings. The van der Waals surface area contributed by atoms with Crippen LogP contribution in [-0.4, -0.2) is 12.5 Å². The summed E-state index contributed by atoms with van der Waals surface area (Å²) in [7, 11) is 0. The van der Waals surface area contributed by atoms with Gasteiger partial charge in [0, 0.05) is 23.1 Å². The Labute approximate surface area is 157 Å². The van der Waals surface area contributed by atoms with Crippen LogP contribution in [0.4, 0.5) is 5.69 Å². The summed E-state index contributed by atoms with van der Waals surface area (Å²) in [6, 6.07) is 22.8. The Hall–Kier alpha value is -2.72. The van der Waals surface area contributed by atoms with Gasteiger partial charge in [-0.2, -0.15) is 0 Å². The number of carbonyl (C=O) groups is 1. The third-order valence-corrected chi connectivity index (χ3v) is 6.05. The Morgan fingerprint density at radius 3 is 2.62 bits per heavy atom. The number of benzene rings is 3. The number of nitrogens with two attached hydrogens (primary N) is 1. The lowest BCUT2D eigenvalue weighted by Gasteiger charge is -2.21. The first-order chi connectivity index (χ1) is 12.8. The highest BCUT2D eigenvalue weighted by Gasteiger charge is 2.29. The number of carbonyl (C=O) groups excluding carboxylic acids is 1. The summed E-state index contributed by atoms with van der Waals surface area (Å²) in [6.45, 7) is 0.489. The average Bonchev–Trinajstić information content (AvgIpc) is 2.83. The van der Waals surface area contributed by atoms with Gasteiger partial charge in [0.2, 0.25) is 5.91 Å². The smallest absolute Gasteiger partial charge is 0.228 e. The summed E-state index contributed by atoms with van der Waals surface area (Å²) < 4.78 is 0. The van der Waals surface area contributed by atoms with Crippen molar-refractivity contribution in [3.8, 4) is 0 Å². The Balaban J connectivity index is 1.88. The Morgan fingerprint density at radius 1 is 1.04 bits per heavy atom. The quantitative estimate of drug-likeness (QED) is 0.724. The maximum absolute atomic E-state index is 13.0. The fraction of sp³-hybridized carbons (Fsp3) is 0.136. The number of thioether (sulfide) groups is 1. The number of rotatable bonds is 3. The number of nitrogens with zero attached hydrogens (tertiary/aromatic N) is 1. The zero-order valence-electron chi connectivity index (χ0n) is 14.3. The van der Waals surface area contributed by atoms with Gasteiger partial charge in [-0.15, -0.1) is 11.8 Å². The molecule has 0 spiro atoms. The summed E-state index contributed by atoms with van der Waals surface area (Å²) in [4.78, 5) is 16.0. The lowest BCUT2D eigenvalue weighted by Crippen LogP contribution is -2.31. The summed E-state index contributed by atoms with van der Waals surface area (Å²) in [5.74, 6) is 0.124. The van der Waals surface area contributed by atoms with Gasteiger partial charge < -0.3 is 10.6 Å². The molecule has 1 heterocycles. The molecule has 3 aromatic carbocycles. The van der Waals surface area contributed by atoms with Crippen LogP contribution in [0, 0.1) is 0 Å². The number of hydrogen-bond acceptors (Lipinski definition) is 3. The summed E-state index contributed by atoms with van der Waals surface area (Å²) >= 11 is 1.78. The number of amides is 1. The van der Waals surface area contributed by atoms with Gasteiger partial charge >= 0.3 is 0 Å². The highest BCUT2D eigenvalue weighted by molar-refractivity contribution is 8.00. The van der Waals surface area contributed by atoms with E-state index in [-0.39, 0.29) is 11.2 Å². The fourth-order valence-corrected chi connectivity index (χ4v) is 4.79. The molecular weight excluding hydrogens is 340 g/mol. The largest absolute Gasteiger partial charge is 0.405 e. The molecule has 1 aliphatic rings. The predicted molar refractivity (Wildman–Crippen MR) is 109 cm³/mol. The molecule has 3 nitrogen and oxygen atoms in total. The van der Waals surface area contributed by atoms with E-state index in [0.29, 0.717) is 13.0 Å². The van der Waals surface area contributed by atoms with Gasteiger partial charge in [0.05, 0.1) is 5.69 Å². The molecule has 0 radical (unpaired) electrons. The number of fused-ring (bicyclic) bond motifs is 3. The van der Waals surface area contributed by atoms with E-state index in [1.54, 1.807) is 11.8 Å². The van der Waals surface area contributed by atoms with Crippen molar-refractivity contribution in [2.75, 3.05) is 11.4 Å². The van der Waals surface area contributed by atoms with E-state index in [1.807, 2.05) is 35.2 Å². The van der Waals surface area contributed by atoms with Crippen LogP contribution in [0.2, 0.25) is 0 Å². The zero-order valence-corrected chi connectivity index (χ0v) is 15.2. The second-order valence-electron chi connectivity index (χ2n) is 6.29. The molecule has 2 N–H and O–H groups in total. The lowest BCUT2D eigenvalue weighted by atomic mass is 10.1. The van der Waals surface area contributed by atoms with Crippen molar-refractivity contribution >= 4 is 34.1 Å². The normalized spacial score (nSPS) is 17.5. The first kappa shape index (κ1) is 16.7. The molecular formula is C22H20N2OS.